The van der Waals surface area contributed by atoms with Crippen LogP contribution >= 0.6 is 0 Å². The zero-order chi connectivity index (χ0) is 12.8. The van der Waals surface area contributed by atoms with Crippen molar-refractivity contribution in [3.63, 3.8) is 0 Å². The lowest BCUT2D eigenvalue weighted by atomic mass is 9.89. The van der Waals surface area contributed by atoms with E-state index >= 15 is 0 Å². The summed E-state index contributed by atoms with van der Waals surface area (Å²) in [7, 11) is 0. The van der Waals surface area contributed by atoms with Crippen LogP contribution in [0.15, 0.2) is 24.5 Å². The zero-order valence-corrected chi connectivity index (χ0v) is 11.2. The van der Waals surface area contributed by atoms with Crippen molar-refractivity contribution in [2.75, 3.05) is 0 Å². The Morgan fingerprint density at radius 2 is 2.00 bits per heavy atom. The maximum Gasteiger partial charge on any atom is 0.0960 e. The summed E-state index contributed by atoms with van der Waals surface area (Å²) in [5, 5.41) is 0. The molecule has 1 aromatic carbocycles. The number of nitrogens with two attached hydrogens (primary N) is 1. The third-order valence-corrected chi connectivity index (χ3v) is 4.20. The number of fused-ring (bicyclic) bond motifs is 1. The first-order chi connectivity index (χ1) is 8.60. The molecule has 0 unspecified atom stereocenters. The van der Waals surface area contributed by atoms with Crippen molar-refractivity contribution in [2.45, 2.75) is 51.1 Å². The fraction of sp³-hybridized carbons (Fsp3) is 0.533. The lowest BCUT2D eigenvalue weighted by Crippen LogP contribution is -2.32. The van der Waals surface area contributed by atoms with Crippen molar-refractivity contribution < 1.29 is 0 Å². The summed E-state index contributed by atoms with van der Waals surface area (Å²) in [6.45, 7) is 4.35. The summed E-state index contributed by atoms with van der Waals surface area (Å²) in [5.41, 5.74) is 9.91. The van der Waals surface area contributed by atoms with Gasteiger partial charge in [0.2, 0.25) is 0 Å². The highest BCUT2D eigenvalue weighted by Gasteiger charge is 2.31. The van der Waals surface area contributed by atoms with Crippen LogP contribution in [0.1, 0.15) is 51.1 Å². The van der Waals surface area contributed by atoms with E-state index in [1.54, 1.807) is 0 Å². The molecule has 3 heteroatoms. The van der Waals surface area contributed by atoms with Gasteiger partial charge in [0, 0.05) is 11.6 Å². The van der Waals surface area contributed by atoms with Gasteiger partial charge in [-0.1, -0.05) is 18.9 Å². The molecule has 1 fully saturated rings. The summed E-state index contributed by atoms with van der Waals surface area (Å²) < 4.78 is 2.21. The van der Waals surface area contributed by atoms with Gasteiger partial charge in [-0.05, 0) is 44.4 Å². The second-order valence-electron chi connectivity index (χ2n) is 5.81. The Morgan fingerprint density at radius 1 is 1.28 bits per heavy atom. The Hall–Kier alpha value is -1.35. The van der Waals surface area contributed by atoms with E-state index in [-0.39, 0.29) is 5.54 Å². The molecule has 1 saturated carbocycles. The molecule has 0 radical (unpaired) electrons. The zero-order valence-electron chi connectivity index (χ0n) is 11.2. The SMILES string of the molecule is CC(C)n1cnc2cc(C3(N)CCCC3)ccc21. The molecule has 0 amide bonds. The summed E-state index contributed by atoms with van der Waals surface area (Å²) in [6, 6.07) is 6.98. The molecule has 1 aliphatic rings. The van der Waals surface area contributed by atoms with Crippen LogP contribution in [-0.4, -0.2) is 9.55 Å². The molecule has 3 rings (SSSR count). The number of rotatable bonds is 2. The van der Waals surface area contributed by atoms with Gasteiger partial charge in [-0.2, -0.15) is 0 Å². The highest BCUT2D eigenvalue weighted by molar-refractivity contribution is 5.76. The fourth-order valence-electron chi connectivity index (χ4n) is 3.05. The van der Waals surface area contributed by atoms with Crippen LogP contribution in [0, 0.1) is 0 Å². The smallest absolute Gasteiger partial charge is 0.0960 e. The molecule has 0 atom stereocenters. The molecule has 1 heterocycles. The van der Waals surface area contributed by atoms with E-state index in [0.29, 0.717) is 6.04 Å². The van der Waals surface area contributed by atoms with Crippen LogP contribution < -0.4 is 5.73 Å². The normalized spacial score (nSPS) is 18.9. The number of aromatic nitrogens is 2. The average molecular weight is 243 g/mol. The molecule has 2 N–H and O–H groups in total. The van der Waals surface area contributed by atoms with E-state index in [0.717, 1.165) is 18.4 Å². The molecule has 1 aliphatic carbocycles. The molecule has 0 bridgehead atoms. The van der Waals surface area contributed by atoms with Crippen LogP contribution in [0.4, 0.5) is 0 Å². The second kappa shape index (κ2) is 4.09. The van der Waals surface area contributed by atoms with Gasteiger partial charge in [0.25, 0.3) is 0 Å². The van der Waals surface area contributed by atoms with Gasteiger partial charge < -0.3 is 10.3 Å². The maximum absolute atomic E-state index is 6.50. The maximum atomic E-state index is 6.50. The third-order valence-electron chi connectivity index (χ3n) is 4.20. The largest absolute Gasteiger partial charge is 0.328 e. The van der Waals surface area contributed by atoms with E-state index in [1.807, 2.05) is 6.33 Å². The first-order valence-corrected chi connectivity index (χ1v) is 6.86. The standard InChI is InChI=1S/C15H21N3/c1-11(2)18-10-17-13-9-12(5-6-14(13)18)15(16)7-3-4-8-15/h5-6,9-11H,3-4,7-8,16H2,1-2H3. The van der Waals surface area contributed by atoms with Gasteiger partial charge in [-0.3, -0.25) is 0 Å². The molecule has 0 saturated heterocycles. The van der Waals surface area contributed by atoms with Crippen molar-refractivity contribution >= 4 is 11.0 Å². The Labute approximate surface area is 108 Å². The first-order valence-electron chi connectivity index (χ1n) is 6.86. The van der Waals surface area contributed by atoms with Gasteiger partial charge in [0.1, 0.15) is 0 Å². The van der Waals surface area contributed by atoms with Gasteiger partial charge in [0.05, 0.1) is 17.4 Å². The molecular weight excluding hydrogens is 222 g/mol. The molecule has 0 spiro atoms. The van der Waals surface area contributed by atoms with E-state index < -0.39 is 0 Å². The van der Waals surface area contributed by atoms with Crippen LogP contribution in [0.2, 0.25) is 0 Å². The molecule has 2 aromatic rings. The van der Waals surface area contributed by atoms with Crippen molar-refractivity contribution in [1.82, 2.24) is 9.55 Å². The van der Waals surface area contributed by atoms with Crippen LogP contribution in [-0.2, 0) is 5.54 Å². The minimum absolute atomic E-state index is 0.115. The highest BCUT2D eigenvalue weighted by Crippen LogP contribution is 2.37. The highest BCUT2D eigenvalue weighted by atomic mass is 15.1. The molecular formula is C15H21N3. The Morgan fingerprint density at radius 3 is 2.67 bits per heavy atom. The monoisotopic (exact) mass is 243 g/mol. The van der Waals surface area contributed by atoms with Crippen molar-refractivity contribution in [2.24, 2.45) is 5.73 Å². The van der Waals surface area contributed by atoms with E-state index in [2.05, 4.69) is 41.6 Å². The third kappa shape index (κ3) is 1.74. The van der Waals surface area contributed by atoms with E-state index in [1.165, 1.54) is 23.9 Å². The van der Waals surface area contributed by atoms with Crippen molar-refractivity contribution in [1.29, 1.82) is 0 Å². The van der Waals surface area contributed by atoms with Gasteiger partial charge in [-0.25, -0.2) is 4.98 Å². The minimum atomic E-state index is -0.115. The predicted octanol–water partition coefficient (Wildman–Crippen LogP) is 3.35. The molecule has 3 nitrogen and oxygen atoms in total. The van der Waals surface area contributed by atoms with Gasteiger partial charge in [0.15, 0.2) is 0 Å². The molecule has 18 heavy (non-hydrogen) atoms. The van der Waals surface area contributed by atoms with Crippen LogP contribution in [0.25, 0.3) is 11.0 Å². The topological polar surface area (TPSA) is 43.8 Å². The van der Waals surface area contributed by atoms with Gasteiger partial charge in [-0.15, -0.1) is 0 Å². The van der Waals surface area contributed by atoms with Crippen molar-refractivity contribution in [3.05, 3.63) is 30.1 Å². The lowest BCUT2D eigenvalue weighted by Gasteiger charge is -2.24. The Bertz CT molecular complexity index is 562. The number of hydrogen-bond donors (Lipinski definition) is 1. The quantitative estimate of drug-likeness (QED) is 0.879. The Balaban J connectivity index is 2.07. The van der Waals surface area contributed by atoms with Crippen LogP contribution in [0.5, 0.6) is 0 Å². The number of nitrogens with zero attached hydrogens (tertiary/aromatic N) is 2. The fourth-order valence-corrected chi connectivity index (χ4v) is 3.05. The predicted molar refractivity (Wildman–Crippen MR) is 74.5 cm³/mol. The lowest BCUT2D eigenvalue weighted by molar-refractivity contribution is 0.462. The second-order valence-corrected chi connectivity index (χ2v) is 5.81. The summed E-state index contributed by atoms with van der Waals surface area (Å²) in [4.78, 5) is 4.51. The minimum Gasteiger partial charge on any atom is -0.328 e. The van der Waals surface area contributed by atoms with Crippen molar-refractivity contribution in [3.8, 4) is 0 Å². The Kier molecular flexibility index (Phi) is 2.67. The summed E-state index contributed by atoms with van der Waals surface area (Å²) in [5.74, 6) is 0. The molecule has 96 valence electrons. The van der Waals surface area contributed by atoms with E-state index in [4.69, 9.17) is 5.73 Å². The summed E-state index contributed by atoms with van der Waals surface area (Å²) in [6.07, 6.45) is 6.62. The number of hydrogen-bond acceptors (Lipinski definition) is 2. The molecule has 0 aliphatic heterocycles. The van der Waals surface area contributed by atoms with Gasteiger partial charge >= 0.3 is 0 Å². The first kappa shape index (κ1) is 11.7. The number of benzene rings is 1. The number of imidazole rings is 1. The summed E-state index contributed by atoms with van der Waals surface area (Å²) >= 11 is 0. The average Bonchev–Trinajstić information content (AvgIpc) is 2.94. The molecule has 1 aromatic heterocycles. The van der Waals surface area contributed by atoms with E-state index in [9.17, 15) is 0 Å². The van der Waals surface area contributed by atoms with Crippen LogP contribution in [0.3, 0.4) is 0 Å².